The highest BCUT2D eigenvalue weighted by Crippen LogP contribution is 2.06. The van der Waals surface area contributed by atoms with Gasteiger partial charge in [-0.3, -0.25) is 4.79 Å². The van der Waals surface area contributed by atoms with Gasteiger partial charge in [-0.1, -0.05) is 19.0 Å². The van der Waals surface area contributed by atoms with Crippen LogP contribution in [0.5, 0.6) is 0 Å². The van der Waals surface area contributed by atoms with Crippen molar-refractivity contribution in [3.63, 3.8) is 0 Å². The van der Waals surface area contributed by atoms with Gasteiger partial charge in [-0.25, -0.2) is 0 Å². The van der Waals surface area contributed by atoms with Gasteiger partial charge in [0.25, 0.3) is 0 Å². The largest absolute Gasteiger partial charge is 0.345 e. The SMILES string of the molecule is CC(NC(=O)[C@H](N)C(C)C)c1ncon1.Cl. The number of amides is 1. The Morgan fingerprint density at radius 2 is 2.12 bits per heavy atom. The van der Waals surface area contributed by atoms with Crippen molar-refractivity contribution in [2.75, 3.05) is 0 Å². The number of carbonyl (C=O) groups excluding carboxylic acids is 1. The molecular weight excluding hydrogens is 232 g/mol. The summed E-state index contributed by atoms with van der Waals surface area (Å²) in [6.07, 6.45) is 1.22. The molecule has 0 saturated heterocycles. The van der Waals surface area contributed by atoms with Gasteiger partial charge in [0.05, 0.1) is 12.1 Å². The second-order valence-corrected chi connectivity index (χ2v) is 3.79. The number of hydrogen-bond donors (Lipinski definition) is 2. The lowest BCUT2D eigenvalue weighted by Gasteiger charge is -2.17. The number of nitrogens with one attached hydrogen (secondary N) is 1. The lowest BCUT2D eigenvalue weighted by atomic mass is 10.0. The molecule has 16 heavy (non-hydrogen) atoms. The maximum atomic E-state index is 11.6. The summed E-state index contributed by atoms with van der Waals surface area (Å²) in [7, 11) is 0. The van der Waals surface area contributed by atoms with Gasteiger partial charge >= 0.3 is 0 Å². The lowest BCUT2D eigenvalue weighted by Crippen LogP contribution is -2.44. The van der Waals surface area contributed by atoms with Crippen molar-refractivity contribution in [1.82, 2.24) is 15.5 Å². The standard InChI is InChI=1S/C9H16N4O2.ClH/c1-5(2)7(10)9(14)12-6(3)8-11-4-15-13-8;/h4-7H,10H2,1-3H3,(H,12,14);1H/t6?,7-;/m1./s1. The lowest BCUT2D eigenvalue weighted by molar-refractivity contribution is -0.123. The maximum Gasteiger partial charge on any atom is 0.237 e. The molecule has 0 bridgehead atoms. The first-order valence-corrected chi connectivity index (χ1v) is 4.84. The van der Waals surface area contributed by atoms with Crippen molar-refractivity contribution in [2.45, 2.75) is 32.9 Å². The maximum absolute atomic E-state index is 11.6. The van der Waals surface area contributed by atoms with Gasteiger partial charge < -0.3 is 15.6 Å². The monoisotopic (exact) mass is 248 g/mol. The van der Waals surface area contributed by atoms with Crippen molar-refractivity contribution in [2.24, 2.45) is 11.7 Å². The van der Waals surface area contributed by atoms with Crippen LogP contribution in [-0.4, -0.2) is 22.1 Å². The van der Waals surface area contributed by atoms with Gasteiger partial charge in [0.15, 0.2) is 5.82 Å². The topological polar surface area (TPSA) is 94.0 Å². The molecule has 0 aliphatic rings. The van der Waals surface area contributed by atoms with Crippen LogP contribution in [-0.2, 0) is 4.79 Å². The highest BCUT2D eigenvalue weighted by molar-refractivity contribution is 5.85. The Balaban J connectivity index is 0.00000225. The molecule has 0 radical (unpaired) electrons. The Kier molecular flexibility index (Phi) is 5.98. The predicted octanol–water partition coefficient (Wildman–Crippen LogP) is 0.652. The van der Waals surface area contributed by atoms with E-state index in [1.54, 1.807) is 6.92 Å². The molecule has 92 valence electrons. The Morgan fingerprint density at radius 3 is 2.56 bits per heavy atom. The molecule has 1 unspecified atom stereocenters. The molecule has 0 aliphatic carbocycles. The molecule has 0 aliphatic heterocycles. The zero-order valence-corrected chi connectivity index (χ0v) is 10.3. The Morgan fingerprint density at radius 1 is 1.50 bits per heavy atom. The van der Waals surface area contributed by atoms with Gasteiger partial charge in [-0.05, 0) is 12.8 Å². The third-order valence-electron chi connectivity index (χ3n) is 2.15. The molecule has 2 atom stereocenters. The second-order valence-electron chi connectivity index (χ2n) is 3.79. The molecule has 6 nitrogen and oxygen atoms in total. The summed E-state index contributed by atoms with van der Waals surface area (Å²) < 4.78 is 4.58. The normalized spacial score (nSPS) is 14.1. The van der Waals surface area contributed by atoms with Gasteiger partial charge in [0.1, 0.15) is 0 Å². The molecular formula is C9H17ClN4O2. The van der Waals surface area contributed by atoms with Crippen LogP contribution in [0.4, 0.5) is 0 Å². The summed E-state index contributed by atoms with van der Waals surface area (Å²) in [6, 6.07) is -0.805. The minimum absolute atomic E-state index is 0. The molecule has 0 fully saturated rings. The fourth-order valence-corrected chi connectivity index (χ4v) is 1.05. The quantitative estimate of drug-likeness (QED) is 0.816. The van der Waals surface area contributed by atoms with E-state index in [9.17, 15) is 4.79 Å². The van der Waals surface area contributed by atoms with E-state index < -0.39 is 6.04 Å². The molecule has 0 saturated carbocycles. The van der Waals surface area contributed by atoms with Gasteiger partial charge in [-0.2, -0.15) is 4.98 Å². The van der Waals surface area contributed by atoms with Crippen LogP contribution in [0.3, 0.4) is 0 Å². The minimum atomic E-state index is -0.514. The van der Waals surface area contributed by atoms with E-state index in [-0.39, 0.29) is 30.3 Å². The number of halogens is 1. The number of nitrogens with zero attached hydrogens (tertiary/aromatic N) is 2. The molecule has 1 aromatic heterocycles. The number of rotatable bonds is 4. The third kappa shape index (κ3) is 3.79. The zero-order valence-electron chi connectivity index (χ0n) is 9.51. The van der Waals surface area contributed by atoms with E-state index in [2.05, 4.69) is 20.0 Å². The van der Waals surface area contributed by atoms with Crippen molar-refractivity contribution in [3.05, 3.63) is 12.2 Å². The van der Waals surface area contributed by atoms with Crippen molar-refractivity contribution in [3.8, 4) is 0 Å². The van der Waals surface area contributed by atoms with Crippen LogP contribution < -0.4 is 11.1 Å². The first-order chi connectivity index (χ1) is 7.02. The van der Waals surface area contributed by atoms with E-state index in [0.717, 1.165) is 0 Å². The fourth-order valence-electron chi connectivity index (χ4n) is 1.05. The van der Waals surface area contributed by atoms with Gasteiger partial charge in [-0.15, -0.1) is 12.4 Å². The van der Waals surface area contributed by atoms with E-state index in [4.69, 9.17) is 5.73 Å². The Labute approximate surface area is 100 Å². The summed E-state index contributed by atoms with van der Waals surface area (Å²) in [5.41, 5.74) is 5.69. The van der Waals surface area contributed by atoms with Crippen molar-refractivity contribution >= 4 is 18.3 Å². The first-order valence-electron chi connectivity index (χ1n) is 4.84. The summed E-state index contributed by atoms with van der Waals surface area (Å²) in [4.78, 5) is 15.4. The van der Waals surface area contributed by atoms with Crippen LogP contribution in [0.25, 0.3) is 0 Å². The highest BCUT2D eigenvalue weighted by atomic mass is 35.5. The van der Waals surface area contributed by atoms with Gasteiger partial charge in [0, 0.05) is 0 Å². The summed E-state index contributed by atoms with van der Waals surface area (Å²) in [6.45, 7) is 5.56. The molecule has 1 amide bonds. The fraction of sp³-hybridized carbons (Fsp3) is 0.667. The van der Waals surface area contributed by atoms with Crippen molar-refractivity contribution in [1.29, 1.82) is 0 Å². The van der Waals surface area contributed by atoms with Crippen LogP contribution in [0.2, 0.25) is 0 Å². The highest BCUT2D eigenvalue weighted by Gasteiger charge is 2.20. The zero-order chi connectivity index (χ0) is 11.4. The molecule has 1 heterocycles. The molecule has 7 heteroatoms. The number of carbonyl (C=O) groups is 1. The van der Waals surface area contributed by atoms with E-state index in [1.807, 2.05) is 13.8 Å². The van der Waals surface area contributed by atoms with E-state index >= 15 is 0 Å². The molecule has 3 N–H and O–H groups in total. The van der Waals surface area contributed by atoms with Crippen LogP contribution in [0.15, 0.2) is 10.9 Å². The summed E-state index contributed by atoms with van der Waals surface area (Å²) in [5.74, 6) is 0.337. The first kappa shape index (κ1) is 14.9. The number of nitrogens with two attached hydrogens (primary N) is 1. The predicted molar refractivity (Wildman–Crippen MR) is 60.9 cm³/mol. The molecule has 1 aromatic rings. The third-order valence-corrected chi connectivity index (χ3v) is 2.15. The minimum Gasteiger partial charge on any atom is -0.345 e. The van der Waals surface area contributed by atoms with Gasteiger partial charge in [0.2, 0.25) is 12.3 Å². The number of hydrogen-bond acceptors (Lipinski definition) is 5. The Hall–Kier alpha value is -1.14. The Bertz CT molecular complexity index is 315. The molecule has 0 aromatic carbocycles. The van der Waals surface area contributed by atoms with Crippen LogP contribution >= 0.6 is 12.4 Å². The second kappa shape index (κ2) is 6.44. The average molecular weight is 249 g/mol. The van der Waals surface area contributed by atoms with Crippen LogP contribution in [0, 0.1) is 5.92 Å². The summed E-state index contributed by atoms with van der Waals surface area (Å²) >= 11 is 0. The van der Waals surface area contributed by atoms with E-state index in [1.165, 1.54) is 6.39 Å². The molecule has 0 spiro atoms. The smallest absolute Gasteiger partial charge is 0.237 e. The van der Waals surface area contributed by atoms with Crippen molar-refractivity contribution < 1.29 is 9.32 Å². The number of aromatic nitrogens is 2. The molecule has 1 rings (SSSR count). The van der Waals surface area contributed by atoms with E-state index in [0.29, 0.717) is 5.82 Å². The van der Waals surface area contributed by atoms with Crippen LogP contribution in [0.1, 0.15) is 32.6 Å². The average Bonchev–Trinajstić information content (AvgIpc) is 2.68. The summed E-state index contributed by atoms with van der Waals surface area (Å²) in [5, 5.41) is 6.35.